The van der Waals surface area contributed by atoms with Gasteiger partial charge in [0.1, 0.15) is 11.5 Å². The first kappa shape index (κ1) is 27.7. The molecule has 2 rings (SSSR count). The van der Waals surface area contributed by atoms with Crippen LogP contribution in [-0.2, 0) is 24.8 Å². The number of hydrogen-bond acceptors (Lipinski definition) is 9. The Bertz CT molecular complexity index is 1200. The highest BCUT2D eigenvalue weighted by atomic mass is 32.2. The van der Waals surface area contributed by atoms with Crippen molar-refractivity contribution in [1.29, 1.82) is 0 Å². The molecule has 2 aromatic rings. The molecule has 0 aliphatic carbocycles. The van der Waals surface area contributed by atoms with Gasteiger partial charge in [0.05, 0.1) is 23.0 Å². The SMILES string of the molecule is Cc1ccc(O)cc1S(=O)(=O)NC(=O)NCCOCCNC(=O)NS(=O)(=O)c1cc(O)ccc1C. The van der Waals surface area contributed by atoms with Gasteiger partial charge in [-0.25, -0.2) is 35.9 Å². The minimum atomic E-state index is -4.19. The van der Waals surface area contributed by atoms with Gasteiger partial charge in [0.2, 0.25) is 0 Å². The first-order valence-electron chi connectivity index (χ1n) is 10.1. The van der Waals surface area contributed by atoms with Crippen LogP contribution in [0, 0.1) is 13.8 Å². The zero-order valence-corrected chi connectivity index (χ0v) is 20.5. The van der Waals surface area contributed by atoms with E-state index in [1.807, 2.05) is 9.44 Å². The molecule has 0 atom stereocenters. The van der Waals surface area contributed by atoms with Gasteiger partial charge in [-0.3, -0.25) is 0 Å². The van der Waals surface area contributed by atoms with Crippen LogP contribution in [-0.4, -0.2) is 65.4 Å². The monoisotopic (exact) mass is 530 g/mol. The molecule has 4 amide bonds. The van der Waals surface area contributed by atoms with Crippen molar-refractivity contribution in [3.8, 4) is 11.5 Å². The summed E-state index contributed by atoms with van der Waals surface area (Å²) in [4.78, 5) is 23.2. The summed E-state index contributed by atoms with van der Waals surface area (Å²) < 4.78 is 57.9. The number of ether oxygens (including phenoxy) is 1. The number of aromatic hydroxyl groups is 2. The molecular formula is C20H26N4O9S2. The maximum Gasteiger partial charge on any atom is 0.328 e. The van der Waals surface area contributed by atoms with E-state index >= 15 is 0 Å². The quantitative estimate of drug-likeness (QED) is 0.235. The van der Waals surface area contributed by atoms with Crippen LogP contribution >= 0.6 is 0 Å². The Morgan fingerprint density at radius 1 is 0.743 bits per heavy atom. The minimum absolute atomic E-state index is 0.0251. The minimum Gasteiger partial charge on any atom is -0.508 e. The third kappa shape index (κ3) is 8.31. The van der Waals surface area contributed by atoms with E-state index in [4.69, 9.17) is 4.74 Å². The molecule has 15 heteroatoms. The summed E-state index contributed by atoms with van der Waals surface area (Å²) in [6, 6.07) is 5.47. The third-order valence-corrected chi connectivity index (χ3v) is 7.39. The van der Waals surface area contributed by atoms with Crippen LogP contribution in [0.25, 0.3) is 0 Å². The predicted molar refractivity (Wildman–Crippen MR) is 124 cm³/mol. The second kappa shape index (κ2) is 11.7. The Labute approximate surface area is 202 Å². The van der Waals surface area contributed by atoms with Gasteiger partial charge in [-0.05, 0) is 37.1 Å². The molecule has 0 aliphatic heterocycles. The predicted octanol–water partition coefficient (Wildman–Crippen LogP) is 0.407. The maximum absolute atomic E-state index is 12.3. The number of sulfonamides is 2. The molecule has 0 bridgehead atoms. The molecule has 6 N–H and O–H groups in total. The van der Waals surface area contributed by atoms with Crippen LogP contribution in [0.15, 0.2) is 46.2 Å². The molecular weight excluding hydrogens is 504 g/mol. The Hall–Kier alpha value is -3.56. The maximum atomic E-state index is 12.3. The van der Waals surface area contributed by atoms with Crippen LogP contribution < -0.4 is 20.1 Å². The highest BCUT2D eigenvalue weighted by Crippen LogP contribution is 2.21. The molecule has 0 aromatic heterocycles. The molecule has 192 valence electrons. The van der Waals surface area contributed by atoms with Gasteiger partial charge in [-0.2, -0.15) is 0 Å². The number of carbonyl (C=O) groups excluding carboxylic acids is 2. The van der Waals surface area contributed by atoms with Gasteiger partial charge in [-0.15, -0.1) is 0 Å². The van der Waals surface area contributed by atoms with Gasteiger partial charge in [0.25, 0.3) is 20.0 Å². The number of amides is 4. The number of urea groups is 2. The molecule has 0 heterocycles. The lowest BCUT2D eigenvalue weighted by Gasteiger charge is -2.12. The van der Waals surface area contributed by atoms with Crippen LogP contribution in [0.4, 0.5) is 9.59 Å². The van der Waals surface area contributed by atoms with Crippen molar-refractivity contribution in [2.45, 2.75) is 23.6 Å². The number of rotatable bonds is 10. The average molecular weight is 531 g/mol. The fourth-order valence-electron chi connectivity index (χ4n) is 2.76. The van der Waals surface area contributed by atoms with Gasteiger partial charge >= 0.3 is 12.1 Å². The molecule has 0 aliphatic rings. The standard InChI is InChI=1S/C20H26N4O9S2/c1-13-3-5-15(25)11-17(13)34(29,30)23-19(27)21-7-9-33-10-8-22-20(28)24-35(31,32)18-12-16(26)6-4-14(18)2/h3-6,11-12,25-26H,7-10H2,1-2H3,(H2,21,23,27)(H2,22,24,28). The number of benzene rings is 2. The number of carbonyl (C=O) groups is 2. The molecule has 0 saturated carbocycles. The van der Waals surface area contributed by atoms with Crippen molar-refractivity contribution in [3.05, 3.63) is 47.5 Å². The molecule has 0 unspecified atom stereocenters. The molecule has 0 fully saturated rings. The summed E-state index contributed by atoms with van der Waals surface area (Å²) in [5.41, 5.74) is 0.681. The Balaban J connectivity index is 1.68. The zero-order valence-electron chi connectivity index (χ0n) is 18.9. The fourth-order valence-corrected chi connectivity index (χ4v) is 5.15. The number of phenols is 2. The Morgan fingerprint density at radius 3 is 1.49 bits per heavy atom. The first-order chi connectivity index (χ1) is 16.3. The van der Waals surface area contributed by atoms with E-state index in [-0.39, 0.29) is 47.6 Å². The smallest absolute Gasteiger partial charge is 0.328 e. The van der Waals surface area contributed by atoms with E-state index in [0.29, 0.717) is 11.1 Å². The molecule has 13 nitrogen and oxygen atoms in total. The lowest BCUT2D eigenvalue weighted by molar-refractivity contribution is 0.139. The van der Waals surface area contributed by atoms with Crippen molar-refractivity contribution >= 4 is 32.1 Å². The summed E-state index contributed by atoms with van der Waals surface area (Å²) in [7, 11) is -8.39. The lowest BCUT2D eigenvalue weighted by atomic mass is 10.2. The normalized spacial score (nSPS) is 11.5. The van der Waals surface area contributed by atoms with E-state index in [1.54, 1.807) is 0 Å². The van der Waals surface area contributed by atoms with Crippen LogP contribution in [0.2, 0.25) is 0 Å². The van der Waals surface area contributed by atoms with Gasteiger partial charge in [0.15, 0.2) is 0 Å². The Kier molecular flexibility index (Phi) is 9.27. The summed E-state index contributed by atoms with van der Waals surface area (Å²) in [5.74, 6) is -0.529. The first-order valence-corrected chi connectivity index (χ1v) is 13.1. The zero-order chi connectivity index (χ0) is 26.2. The van der Waals surface area contributed by atoms with Crippen molar-refractivity contribution in [2.24, 2.45) is 0 Å². The molecule has 0 radical (unpaired) electrons. The van der Waals surface area contributed by atoms with Crippen molar-refractivity contribution < 1.29 is 41.4 Å². The topological polar surface area (TPSA) is 200 Å². The lowest BCUT2D eigenvalue weighted by Crippen LogP contribution is -2.42. The molecule has 0 saturated heterocycles. The van der Waals surface area contributed by atoms with Crippen molar-refractivity contribution in [2.75, 3.05) is 26.3 Å². The number of aryl methyl sites for hydroxylation is 2. The van der Waals surface area contributed by atoms with E-state index in [1.165, 1.54) is 38.1 Å². The van der Waals surface area contributed by atoms with E-state index in [0.717, 1.165) is 12.1 Å². The highest BCUT2D eigenvalue weighted by molar-refractivity contribution is 7.90. The van der Waals surface area contributed by atoms with Crippen molar-refractivity contribution in [1.82, 2.24) is 20.1 Å². The van der Waals surface area contributed by atoms with Crippen molar-refractivity contribution in [3.63, 3.8) is 0 Å². The van der Waals surface area contributed by atoms with Gasteiger partial charge in [-0.1, -0.05) is 12.1 Å². The Morgan fingerprint density at radius 2 is 1.11 bits per heavy atom. The molecule has 35 heavy (non-hydrogen) atoms. The van der Waals surface area contributed by atoms with Crippen LogP contribution in [0.3, 0.4) is 0 Å². The van der Waals surface area contributed by atoms with E-state index in [9.17, 15) is 36.6 Å². The largest absolute Gasteiger partial charge is 0.508 e. The summed E-state index contributed by atoms with van der Waals surface area (Å²) in [6.07, 6.45) is 0. The second-order valence-electron chi connectivity index (χ2n) is 7.23. The average Bonchev–Trinajstić information content (AvgIpc) is 2.75. The number of phenolic OH excluding ortho intramolecular Hbond substituents is 2. The second-order valence-corrected chi connectivity index (χ2v) is 10.5. The molecule has 0 spiro atoms. The van der Waals surface area contributed by atoms with Gasteiger partial charge in [0, 0.05) is 25.2 Å². The summed E-state index contributed by atoms with van der Waals surface area (Å²) in [6.45, 7) is 2.86. The summed E-state index contributed by atoms with van der Waals surface area (Å²) >= 11 is 0. The van der Waals surface area contributed by atoms with Crippen LogP contribution in [0.5, 0.6) is 11.5 Å². The summed E-state index contributed by atoms with van der Waals surface area (Å²) in [5, 5.41) is 23.5. The molecule has 2 aromatic carbocycles. The van der Waals surface area contributed by atoms with Crippen LogP contribution in [0.1, 0.15) is 11.1 Å². The number of hydrogen-bond donors (Lipinski definition) is 6. The fraction of sp³-hybridized carbons (Fsp3) is 0.300. The third-order valence-electron chi connectivity index (χ3n) is 4.44. The van der Waals surface area contributed by atoms with E-state index < -0.39 is 32.1 Å². The highest BCUT2D eigenvalue weighted by Gasteiger charge is 2.21. The van der Waals surface area contributed by atoms with E-state index in [2.05, 4.69) is 10.6 Å². The number of nitrogens with one attached hydrogen (secondary N) is 4. The van der Waals surface area contributed by atoms with Gasteiger partial charge < -0.3 is 25.6 Å².